The topological polar surface area (TPSA) is 82.6 Å². The molecule has 1 saturated heterocycles. The van der Waals surface area contributed by atoms with Crippen LogP contribution in [-0.4, -0.2) is 45.0 Å². The van der Waals surface area contributed by atoms with Crippen molar-refractivity contribution < 1.29 is 13.2 Å². The Bertz CT molecular complexity index is 1130. The van der Waals surface area contributed by atoms with Crippen molar-refractivity contribution in [3.8, 4) is 0 Å². The zero-order valence-corrected chi connectivity index (χ0v) is 19.5. The number of carbonyl (C=O) groups excluding carboxylic acids is 1. The molecule has 0 spiro atoms. The molecule has 4 rings (SSSR count). The molecule has 1 aromatic carbocycles. The van der Waals surface area contributed by atoms with Gasteiger partial charge in [-0.15, -0.1) is 11.3 Å². The highest BCUT2D eigenvalue weighted by atomic mass is 32.2. The zero-order chi connectivity index (χ0) is 22.6. The summed E-state index contributed by atoms with van der Waals surface area (Å²) in [6.45, 7) is 3.64. The molecule has 0 bridgehead atoms. The summed E-state index contributed by atoms with van der Waals surface area (Å²) < 4.78 is 27.6. The largest absolute Gasteiger partial charge is 0.356 e. The molecule has 2 aromatic heterocycles. The van der Waals surface area contributed by atoms with Crippen LogP contribution < -0.4 is 14.5 Å². The van der Waals surface area contributed by atoms with Gasteiger partial charge in [0, 0.05) is 31.9 Å². The number of anilines is 2. The smallest absolute Gasteiger partial charge is 0.265 e. The van der Waals surface area contributed by atoms with E-state index < -0.39 is 10.0 Å². The van der Waals surface area contributed by atoms with Crippen molar-refractivity contribution in [1.29, 1.82) is 0 Å². The second kappa shape index (κ2) is 9.70. The van der Waals surface area contributed by atoms with Crippen molar-refractivity contribution in [3.63, 3.8) is 0 Å². The first-order valence-corrected chi connectivity index (χ1v) is 12.9. The van der Waals surface area contributed by atoms with Crippen LogP contribution in [0, 0.1) is 0 Å². The van der Waals surface area contributed by atoms with Crippen molar-refractivity contribution in [1.82, 2.24) is 10.3 Å². The van der Waals surface area contributed by atoms with E-state index in [0.29, 0.717) is 12.2 Å². The van der Waals surface area contributed by atoms with Crippen molar-refractivity contribution in [2.75, 3.05) is 28.8 Å². The van der Waals surface area contributed by atoms with Gasteiger partial charge in [0.15, 0.2) is 0 Å². The summed E-state index contributed by atoms with van der Waals surface area (Å²) in [5.41, 5.74) is 0.630. The lowest BCUT2D eigenvalue weighted by atomic mass is 10.0. The van der Waals surface area contributed by atoms with Crippen molar-refractivity contribution in [2.24, 2.45) is 0 Å². The second-order valence-corrected chi connectivity index (χ2v) is 10.4. The summed E-state index contributed by atoms with van der Waals surface area (Å²) in [4.78, 5) is 19.7. The highest BCUT2D eigenvalue weighted by molar-refractivity contribution is 7.92. The van der Waals surface area contributed by atoms with Crippen LogP contribution in [0.4, 0.5) is 11.5 Å². The van der Waals surface area contributed by atoms with E-state index in [0.717, 1.165) is 36.6 Å². The zero-order valence-electron chi connectivity index (χ0n) is 17.8. The molecule has 0 aliphatic carbocycles. The maximum atomic E-state index is 13.1. The maximum Gasteiger partial charge on any atom is 0.265 e. The summed E-state index contributed by atoms with van der Waals surface area (Å²) in [6, 6.07) is 16.3. The second-order valence-electron chi connectivity index (χ2n) is 7.57. The van der Waals surface area contributed by atoms with Crippen LogP contribution in [0.1, 0.15) is 29.4 Å². The van der Waals surface area contributed by atoms with Crippen LogP contribution in [0.5, 0.6) is 0 Å². The van der Waals surface area contributed by atoms with E-state index in [4.69, 9.17) is 0 Å². The number of aromatic nitrogens is 1. The number of hydrogen-bond acceptors (Lipinski definition) is 6. The molecule has 168 valence electrons. The number of nitrogens with one attached hydrogen (secondary N) is 1. The molecule has 0 unspecified atom stereocenters. The molecule has 0 radical (unpaired) electrons. The maximum absolute atomic E-state index is 13.1. The van der Waals surface area contributed by atoms with Crippen molar-refractivity contribution in [3.05, 3.63) is 71.1 Å². The number of hydrogen-bond donors (Lipinski definition) is 1. The fourth-order valence-electron chi connectivity index (χ4n) is 3.84. The Hall–Kier alpha value is -2.91. The highest BCUT2D eigenvalue weighted by Crippen LogP contribution is 2.25. The third-order valence-corrected chi connectivity index (χ3v) is 8.29. The highest BCUT2D eigenvalue weighted by Gasteiger charge is 2.26. The number of benzene rings is 1. The van der Waals surface area contributed by atoms with E-state index in [1.54, 1.807) is 24.3 Å². The number of piperidine rings is 1. The van der Waals surface area contributed by atoms with Gasteiger partial charge in [-0.2, -0.15) is 0 Å². The molecule has 0 atom stereocenters. The number of amides is 1. The number of sulfonamides is 1. The molecule has 3 heterocycles. The van der Waals surface area contributed by atoms with E-state index in [-0.39, 0.29) is 16.8 Å². The molecular weight excluding hydrogens is 444 g/mol. The normalized spacial score (nSPS) is 14.8. The molecule has 1 aliphatic rings. The summed E-state index contributed by atoms with van der Waals surface area (Å²) in [6.07, 6.45) is 3.06. The van der Waals surface area contributed by atoms with Gasteiger partial charge in [-0.25, -0.2) is 13.4 Å². The van der Waals surface area contributed by atoms with Crippen LogP contribution in [0.25, 0.3) is 0 Å². The van der Waals surface area contributed by atoms with Gasteiger partial charge < -0.3 is 10.2 Å². The Morgan fingerprint density at radius 1 is 1.12 bits per heavy atom. The number of nitrogens with zero attached hydrogens (tertiary/aromatic N) is 3. The van der Waals surface area contributed by atoms with E-state index in [9.17, 15) is 13.2 Å². The van der Waals surface area contributed by atoms with Gasteiger partial charge in [-0.3, -0.25) is 9.10 Å². The predicted molar refractivity (Wildman–Crippen MR) is 128 cm³/mol. The van der Waals surface area contributed by atoms with E-state index in [1.165, 1.54) is 21.8 Å². The Morgan fingerprint density at radius 2 is 1.88 bits per heavy atom. The third-order valence-electron chi connectivity index (χ3n) is 5.54. The van der Waals surface area contributed by atoms with Gasteiger partial charge in [-0.1, -0.05) is 24.3 Å². The molecular formula is C23H26N4O3S2. The standard InChI is InChI=1S/C23H26N4O3S2/c1-2-27(19-7-4-3-5-8-19)32(29,30)20-10-11-22(24-17-20)26-14-12-18(13-15-26)25-23(28)21-9-6-16-31-21/h3-11,16-18H,2,12-15H2,1H3,(H,25,28). The van der Waals surface area contributed by atoms with Gasteiger partial charge in [0.1, 0.15) is 10.7 Å². The lowest BCUT2D eigenvalue weighted by Gasteiger charge is -2.33. The molecule has 1 fully saturated rings. The molecule has 1 aliphatic heterocycles. The van der Waals surface area contributed by atoms with Gasteiger partial charge in [-0.05, 0) is 55.5 Å². The van der Waals surface area contributed by atoms with E-state index >= 15 is 0 Å². The lowest BCUT2D eigenvalue weighted by molar-refractivity contribution is 0.0935. The van der Waals surface area contributed by atoms with Crippen LogP contribution in [0.15, 0.2) is 71.1 Å². The molecule has 0 saturated carbocycles. The summed E-state index contributed by atoms with van der Waals surface area (Å²) in [7, 11) is -3.69. The third kappa shape index (κ3) is 4.78. The monoisotopic (exact) mass is 470 g/mol. The molecule has 1 amide bonds. The van der Waals surface area contributed by atoms with Crippen molar-refractivity contribution >= 4 is 38.8 Å². The van der Waals surface area contributed by atoms with Gasteiger partial charge >= 0.3 is 0 Å². The number of para-hydroxylation sites is 1. The minimum atomic E-state index is -3.69. The van der Waals surface area contributed by atoms with E-state index in [1.807, 2.05) is 42.6 Å². The quantitative estimate of drug-likeness (QED) is 0.569. The van der Waals surface area contributed by atoms with Crippen LogP contribution in [-0.2, 0) is 10.0 Å². The SMILES string of the molecule is CCN(c1ccccc1)S(=O)(=O)c1ccc(N2CCC(NC(=O)c3cccs3)CC2)nc1. The fraction of sp³-hybridized carbons (Fsp3) is 0.304. The minimum absolute atomic E-state index is 0.0231. The van der Waals surface area contributed by atoms with Crippen LogP contribution >= 0.6 is 11.3 Å². The molecule has 3 aromatic rings. The Labute approximate surface area is 192 Å². The minimum Gasteiger partial charge on any atom is -0.356 e. The van der Waals surface area contributed by atoms with Gasteiger partial charge in [0.2, 0.25) is 0 Å². The molecule has 32 heavy (non-hydrogen) atoms. The summed E-state index contributed by atoms with van der Waals surface area (Å²) in [5, 5.41) is 4.99. The lowest BCUT2D eigenvalue weighted by Crippen LogP contribution is -2.44. The van der Waals surface area contributed by atoms with Crippen LogP contribution in [0.2, 0.25) is 0 Å². The Balaban J connectivity index is 1.39. The Kier molecular flexibility index (Phi) is 6.76. The Morgan fingerprint density at radius 3 is 2.47 bits per heavy atom. The average molecular weight is 471 g/mol. The first kappa shape index (κ1) is 22.3. The molecule has 1 N–H and O–H groups in total. The summed E-state index contributed by atoms with van der Waals surface area (Å²) >= 11 is 1.44. The first-order valence-electron chi connectivity index (χ1n) is 10.6. The number of rotatable bonds is 7. The molecule has 9 heteroatoms. The predicted octanol–water partition coefficient (Wildman–Crippen LogP) is 3.76. The molecule has 7 nitrogen and oxygen atoms in total. The number of pyridine rings is 1. The summed E-state index contributed by atoms with van der Waals surface area (Å²) in [5.74, 6) is 0.722. The average Bonchev–Trinajstić information content (AvgIpc) is 3.36. The van der Waals surface area contributed by atoms with E-state index in [2.05, 4.69) is 15.2 Å². The fourth-order valence-corrected chi connectivity index (χ4v) is 5.89. The first-order chi connectivity index (χ1) is 15.5. The number of thiophene rings is 1. The van der Waals surface area contributed by atoms with Crippen LogP contribution in [0.3, 0.4) is 0 Å². The van der Waals surface area contributed by atoms with Crippen molar-refractivity contribution in [2.45, 2.75) is 30.7 Å². The number of carbonyl (C=O) groups is 1. The van der Waals surface area contributed by atoms with Gasteiger partial charge in [0.25, 0.3) is 15.9 Å². The van der Waals surface area contributed by atoms with Gasteiger partial charge in [0.05, 0.1) is 10.6 Å².